The average Bonchev–Trinajstić information content (AvgIpc) is 2.43. The molecule has 0 unspecified atom stereocenters. The summed E-state index contributed by atoms with van der Waals surface area (Å²) in [6.45, 7) is 2.14. The number of hydrogen-bond acceptors (Lipinski definition) is 3. The largest absolute Gasteiger partial charge is 0.399 e. The smallest absolute Gasteiger partial charge is 0.301 e. The zero-order valence-electron chi connectivity index (χ0n) is 12.1. The van der Waals surface area contributed by atoms with E-state index in [1.165, 1.54) is 4.31 Å². The maximum absolute atomic E-state index is 12.3. The Morgan fingerprint density at radius 3 is 2.43 bits per heavy atom. The summed E-state index contributed by atoms with van der Waals surface area (Å²) in [6.07, 6.45) is 0. The molecule has 0 aromatic heterocycles. The Balaban J connectivity index is 2.12. The van der Waals surface area contributed by atoms with Crippen molar-refractivity contribution in [3.8, 4) is 0 Å². The SMILES string of the molecule is Cc1cc(NS(=O)(=O)N(C)Cc2ccccc2)ccc1N. The van der Waals surface area contributed by atoms with Gasteiger partial charge in [-0.15, -0.1) is 0 Å². The molecule has 0 atom stereocenters. The van der Waals surface area contributed by atoms with E-state index in [1.54, 1.807) is 25.2 Å². The van der Waals surface area contributed by atoms with Gasteiger partial charge in [0.2, 0.25) is 0 Å². The van der Waals surface area contributed by atoms with E-state index in [0.717, 1.165) is 11.1 Å². The van der Waals surface area contributed by atoms with E-state index in [1.807, 2.05) is 37.3 Å². The average molecular weight is 305 g/mol. The molecule has 0 heterocycles. The van der Waals surface area contributed by atoms with Crippen LogP contribution in [0.1, 0.15) is 11.1 Å². The molecule has 3 N–H and O–H groups in total. The molecule has 0 aliphatic heterocycles. The Kier molecular flexibility index (Phi) is 4.50. The summed E-state index contributed by atoms with van der Waals surface area (Å²) in [5.41, 5.74) is 8.63. The van der Waals surface area contributed by atoms with Crippen molar-refractivity contribution in [3.05, 3.63) is 59.7 Å². The van der Waals surface area contributed by atoms with E-state index in [4.69, 9.17) is 5.73 Å². The summed E-state index contributed by atoms with van der Waals surface area (Å²) in [7, 11) is -2.06. The minimum atomic E-state index is -3.60. The molecular formula is C15H19N3O2S. The Morgan fingerprint density at radius 2 is 1.81 bits per heavy atom. The van der Waals surface area contributed by atoms with Gasteiger partial charge in [0.25, 0.3) is 0 Å². The lowest BCUT2D eigenvalue weighted by atomic mass is 10.2. The molecular weight excluding hydrogens is 286 g/mol. The molecule has 112 valence electrons. The van der Waals surface area contributed by atoms with Gasteiger partial charge in [0.15, 0.2) is 0 Å². The summed E-state index contributed by atoms with van der Waals surface area (Å²) in [5, 5.41) is 0. The van der Waals surface area contributed by atoms with Crippen LogP contribution in [0.4, 0.5) is 11.4 Å². The van der Waals surface area contributed by atoms with E-state index in [0.29, 0.717) is 17.9 Å². The molecule has 5 nitrogen and oxygen atoms in total. The second-order valence-electron chi connectivity index (χ2n) is 4.92. The molecule has 21 heavy (non-hydrogen) atoms. The van der Waals surface area contributed by atoms with Crippen molar-refractivity contribution in [2.45, 2.75) is 13.5 Å². The van der Waals surface area contributed by atoms with Crippen molar-refractivity contribution in [2.24, 2.45) is 0 Å². The molecule has 0 radical (unpaired) electrons. The lowest BCUT2D eigenvalue weighted by molar-refractivity contribution is 0.471. The maximum atomic E-state index is 12.3. The molecule has 2 rings (SSSR count). The highest BCUT2D eigenvalue weighted by Crippen LogP contribution is 2.18. The molecule has 0 aliphatic carbocycles. The second kappa shape index (κ2) is 6.15. The number of anilines is 2. The molecule has 0 saturated carbocycles. The molecule has 6 heteroatoms. The van der Waals surface area contributed by atoms with Gasteiger partial charge >= 0.3 is 10.2 Å². The second-order valence-corrected chi connectivity index (χ2v) is 6.70. The van der Waals surface area contributed by atoms with E-state index >= 15 is 0 Å². The van der Waals surface area contributed by atoms with Gasteiger partial charge in [-0.2, -0.15) is 12.7 Å². The normalized spacial score (nSPS) is 11.6. The third-order valence-electron chi connectivity index (χ3n) is 3.18. The standard InChI is InChI=1S/C15H19N3O2S/c1-12-10-14(8-9-15(12)16)17-21(19,20)18(2)11-13-6-4-3-5-7-13/h3-10,17H,11,16H2,1-2H3. The molecule has 0 amide bonds. The number of nitrogens with zero attached hydrogens (tertiary/aromatic N) is 1. The van der Waals surface area contributed by atoms with Gasteiger partial charge in [-0.05, 0) is 36.2 Å². The molecule has 0 spiro atoms. The Hall–Kier alpha value is -2.05. The number of nitrogen functional groups attached to an aromatic ring is 1. The Bertz CT molecular complexity index is 715. The van der Waals surface area contributed by atoms with E-state index < -0.39 is 10.2 Å². The van der Waals surface area contributed by atoms with Gasteiger partial charge in [-0.3, -0.25) is 4.72 Å². The van der Waals surface area contributed by atoms with Gasteiger partial charge in [0.05, 0.1) is 5.69 Å². The zero-order valence-corrected chi connectivity index (χ0v) is 12.9. The summed E-state index contributed by atoms with van der Waals surface area (Å²) in [4.78, 5) is 0. The molecule has 2 aromatic rings. The molecule has 2 aromatic carbocycles. The number of nitrogens with one attached hydrogen (secondary N) is 1. The van der Waals surface area contributed by atoms with Crippen molar-refractivity contribution in [1.29, 1.82) is 0 Å². The van der Waals surface area contributed by atoms with E-state index in [9.17, 15) is 8.42 Å². The van der Waals surface area contributed by atoms with E-state index in [-0.39, 0.29) is 0 Å². The highest BCUT2D eigenvalue weighted by atomic mass is 32.2. The molecule has 0 aliphatic rings. The van der Waals surface area contributed by atoms with Crippen molar-refractivity contribution < 1.29 is 8.42 Å². The first-order chi connectivity index (χ1) is 9.88. The third kappa shape index (κ3) is 3.96. The van der Waals surface area contributed by atoms with E-state index in [2.05, 4.69) is 4.72 Å². The van der Waals surface area contributed by atoms with Gasteiger partial charge in [-0.25, -0.2) is 0 Å². The van der Waals surface area contributed by atoms with Crippen LogP contribution >= 0.6 is 0 Å². The third-order valence-corrected chi connectivity index (χ3v) is 4.62. The summed E-state index contributed by atoms with van der Waals surface area (Å²) in [6, 6.07) is 14.5. The quantitative estimate of drug-likeness (QED) is 0.833. The summed E-state index contributed by atoms with van der Waals surface area (Å²) in [5.74, 6) is 0. The summed E-state index contributed by atoms with van der Waals surface area (Å²) < 4.78 is 28.4. The van der Waals surface area contributed by atoms with Crippen LogP contribution in [0.15, 0.2) is 48.5 Å². The number of hydrogen-bond donors (Lipinski definition) is 2. The van der Waals surface area contributed by atoms with Gasteiger partial charge in [0, 0.05) is 19.3 Å². The number of nitrogens with two attached hydrogens (primary N) is 1. The predicted octanol–water partition coefficient (Wildman–Crippen LogP) is 2.37. The monoisotopic (exact) mass is 305 g/mol. The van der Waals surface area contributed by atoms with Crippen molar-refractivity contribution >= 4 is 21.6 Å². The van der Waals surface area contributed by atoms with Crippen LogP contribution in [0.2, 0.25) is 0 Å². The number of rotatable bonds is 5. The Morgan fingerprint density at radius 1 is 1.14 bits per heavy atom. The van der Waals surface area contributed by atoms with Crippen molar-refractivity contribution in [3.63, 3.8) is 0 Å². The number of aryl methyl sites for hydroxylation is 1. The van der Waals surface area contributed by atoms with Gasteiger partial charge < -0.3 is 5.73 Å². The summed E-state index contributed by atoms with van der Waals surface area (Å²) >= 11 is 0. The fraction of sp³-hybridized carbons (Fsp3) is 0.200. The fourth-order valence-electron chi connectivity index (χ4n) is 1.89. The minimum absolute atomic E-state index is 0.310. The first-order valence-electron chi connectivity index (χ1n) is 6.52. The minimum Gasteiger partial charge on any atom is -0.399 e. The van der Waals surface area contributed by atoms with Crippen LogP contribution in [0, 0.1) is 6.92 Å². The fourth-order valence-corrected chi connectivity index (χ4v) is 2.79. The van der Waals surface area contributed by atoms with Crippen LogP contribution in [0.25, 0.3) is 0 Å². The zero-order chi connectivity index (χ0) is 15.5. The van der Waals surface area contributed by atoms with Crippen LogP contribution in [0.3, 0.4) is 0 Å². The van der Waals surface area contributed by atoms with Crippen LogP contribution < -0.4 is 10.5 Å². The first-order valence-corrected chi connectivity index (χ1v) is 7.96. The van der Waals surface area contributed by atoms with Crippen LogP contribution in [-0.4, -0.2) is 19.8 Å². The molecule has 0 fully saturated rings. The molecule has 0 saturated heterocycles. The lowest BCUT2D eigenvalue weighted by Crippen LogP contribution is -2.32. The van der Waals surface area contributed by atoms with Crippen molar-refractivity contribution in [2.75, 3.05) is 17.5 Å². The highest BCUT2D eigenvalue weighted by Gasteiger charge is 2.17. The Labute approximate surface area is 125 Å². The van der Waals surface area contributed by atoms with Gasteiger partial charge in [-0.1, -0.05) is 30.3 Å². The molecule has 0 bridgehead atoms. The predicted molar refractivity (Wildman–Crippen MR) is 86.0 cm³/mol. The maximum Gasteiger partial charge on any atom is 0.301 e. The van der Waals surface area contributed by atoms with Crippen LogP contribution in [-0.2, 0) is 16.8 Å². The topological polar surface area (TPSA) is 75.4 Å². The van der Waals surface area contributed by atoms with Crippen molar-refractivity contribution in [1.82, 2.24) is 4.31 Å². The highest BCUT2D eigenvalue weighted by molar-refractivity contribution is 7.90. The first kappa shape index (κ1) is 15.3. The van der Waals surface area contributed by atoms with Crippen LogP contribution in [0.5, 0.6) is 0 Å². The lowest BCUT2D eigenvalue weighted by Gasteiger charge is -2.18. The van der Waals surface area contributed by atoms with Gasteiger partial charge in [0.1, 0.15) is 0 Å². The number of benzene rings is 2.